The molecule has 1 aromatic heterocycles. The fraction of sp³-hybridized carbons (Fsp3) is 0.386. The summed E-state index contributed by atoms with van der Waals surface area (Å²) in [6, 6.07) is 23.2. The third-order valence-corrected chi connectivity index (χ3v) is 19.6. The van der Waals surface area contributed by atoms with Crippen LogP contribution < -0.4 is 9.80 Å². The van der Waals surface area contributed by atoms with Crippen LogP contribution in [0.25, 0.3) is 0 Å². The Morgan fingerprint density at radius 2 is 1.69 bits per heavy atom. The smallest absolute Gasteiger partial charge is 0.159 e. The molecule has 8 heteroatoms. The topological polar surface area (TPSA) is 47.3 Å². The predicted octanol–water partition coefficient (Wildman–Crippen LogP) is 12.7. The molecule has 1 saturated carbocycles. The average molecular weight is 889 g/mol. The van der Waals surface area contributed by atoms with Crippen molar-refractivity contribution in [3.8, 4) is 0 Å². The Hall–Kier alpha value is -5.05. The minimum atomic E-state index is -0.198. The van der Waals surface area contributed by atoms with E-state index in [2.05, 4.69) is 173 Å². The third-order valence-electron chi connectivity index (χ3n) is 16.6. The number of anilines is 3. The maximum Gasteiger partial charge on any atom is 0.159 e. The Kier molecular flexibility index (Phi) is 9.35. The van der Waals surface area contributed by atoms with Crippen molar-refractivity contribution in [3.05, 3.63) is 176 Å². The summed E-state index contributed by atoms with van der Waals surface area (Å²) in [5.41, 5.74) is 12.1. The van der Waals surface area contributed by atoms with Crippen molar-refractivity contribution in [2.75, 3.05) is 16.8 Å². The van der Waals surface area contributed by atoms with E-state index in [-0.39, 0.29) is 18.1 Å². The number of aromatic nitrogens is 1. The number of nitrogens with zero attached hydrogens (tertiary/aromatic N) is 6. The Bertz CT molecular complexity index is 2820. The molecule has 5 aliphatic heterocycles. The van der Waals surface area contributed by atoms with E-state index in [0.717, 1.165) is 47.1 Å². The van der Waals surface area contributed by atoms with Crippen molar-refractivity contribution >= 4 is 52.4 Å². The summed E-state index contributed by atoms with van der Waals surface area (Å²) in [6.45, 7) is 0. The highest BCUT2D eigenvalue weighted by atomic mass is 32.2. The van der Waals surface area contributed by atoms with Gasteiger partial charge in [0.25, 0.3) is 0 Å². The van der Waals surface area contributed by atoms with Crippen molar-refractivity contribution in [1.29, 1.82) is 0 Å². The SMILES string of the molecule is CN1C(c2cc(N3c4ccccc4C4C=C5SC6CCC=CC6C5=CC43)cnc2N2C3CCCC=C3C3CC4SC5=C(C=CCC5)C4CC32)=NC(c2ccccc2)=NC1C1=CCCC=C1. The number of rotatable bonds is 5. The standard InChI is InChI=1S/C57H56N6S2/c1-61-55(35-18-6-3-7-19-35)59-54(34-16-4-2-5-17-34)60-57(61)45-28-36(62-46-24-12-8-20-37(46)41-31-52-43(29-48(41)62)39-22-10-14-26-50(39)64-52)33-58-56(45)63-47-25-13-9-21-38(47)42-32-53-44(30-49(42)63)40-23-11-15-27-51(40)65-53/h2,4-6,8,10-12,16-24,28-29,31,33,39,41-42,44,47-50,53,55H,3,7,9,13-15,25-27,30,32H2,1H3. The second-order valence-electron chi connectivity index (χ2n) is 20.1. The lowest BCUT2D eigenvalue weighted by Gasteiger charge is -2.41. The molecule has 0 N–H and O–H groups in total. The number of fused-ring (bicyclic) bond motifs is 11. The molecule has 6 aliphatic carbocycles. The molecule has 326 valence electrons. The lowest BCUT2D eigenvalue weighted by molar-refractivity contribution is 0.323. The lowest BCUT2D eigenvalue weighted by atomic mass is 9.72. The van der Waals surface area contributed by atoms with E-state index in [4.69, 9.17) is 15.0 Å². The first-order chi connectivity index (χ1) is 32.1. The van der Waals surface area contributed by atoms with Gasteiger partial charge in [0, 0.05) is 57.5 Å². The minimum absolute atomic E-state index is 0.171. The summed E-state index contributed by atoms with van der Waals surface area (Å²) in [7, 11) is 2.22. The van der Waals surface area contributed by atoms with E-state index in [0.29, 0.717) is 40.3 Å². The molecule has 3 fully saturated rings. The maximum atomic E-state index is 5.84. The van der Waals surface area contributed by atoms with Gasteiger partial charge in [-0.2, -0.15) is 0 Å². The Balaban J connectivity index is 0.954. The normalized spacial score (nSPS) is 33.6. The number of para-hydroxylation sites is 1. The van der Waals surface area contributed by atoms with Gasteiger partial charge in [-0.3, -0.25) is 0 Å². The first-order valence-corrected chi connectivity index (χ1v) is 26.4. The number of allylic oxidation sites excluding steroid dienone is 10. The van der Waals surface area contributed by atoms with Gasteiger partial charge < -0.3 is 14.7 Å². The van der Waals surface area contributed by atoms with E-state index in [1.165, 1.54) is 85.1 Å². The van der Waals surface area contributed by atoms with Crippen LogP contribution in [-0.2, 0) is 0 Å². The molecule has 10 unspecified atom stereocenters. The number of amidine groups is 2. The highest BCUT2D eigenvalue weighted by molar-refractivity contribution is 8.04. The molecule has 14 rings (SSSR count). The van der Waals surface area contributed by atoms with Gasteiger partial charge in [-0.05, 0) is 121 Å². The Morgan fingerprint density at radius 3 is 2.62 bits per heavy atom. The van der Waals surface area contributed by atoms with Crippen LogP contribution in [0.5, 0.6) is 0 Å². The van der Waals surface area contributed by atoms with Crippen LogP contribution in [-0.4, -0.2) is 63.4 Å². The fourth-order valence-electron chi connectivity index (χ4n) is 13.8. The molecule has 10 atom stereocenters. The van der Waals surface area contributed by atoms with Crippen molar-refractivity contribution < 1.29 is 0 Å². The Labute approximate surface area is 392 Å². The molecule has 0 spiro atoms. The van der Waals surface area contributed by atoms with Gasteiger partial charge in [-0.25, -0.2) is 15.0 Å². The molecule has 65 heavy (non-hydrogen) atoms. The van der Waals surface area contributed by atoms with Crippen LogP contribution in [0, 0.1) is 17.8 Å². The quantitative estimate of drug-likeness (QED) is 0.238. The molecular weight excluding hydrogens is 833 g/mol. The highest BCUT2D eigenvalue weighted by Crippen LogP contribution is 2.60. The third kappa shape index (κ3) is 6.18. The lowest BCUT2D eigenvalue weighted by Crippen LogP contribution is -2.46. The van der Waals surface area contributed by atoms with Crippen molar-refractivity contribution in [2.24, 2.45) is 27.7 Å². The first-order valence-electron chi connectivity index (χ1n) is 24.7. The molecule has 0 radical (unpaired) electrons. The maximum absolute atomic E-state index is 5.84. The molecule has 6 heterocycles. The molecule has 11 aliphatic rings. The molecule has 0 bridgehead atoms. The van der Waals surface area contributed by atoms with Gasteiger partial charge in [-0.15, -0.1) is 23.5 Å². The molecule has 0 amide bonds. The number of hydrogen-bond acceptors (Lipinski definition) is 8. The van der Waals surface area contributed by atoms with Crippen LogP contribution in [0.1, 0.15) is 93.2 Å². The van der Waals surface area contributed by atoms with Crippen LogP contribution >= 0.6 is 23.5 Å². The highest BCUT2D eigenvalue weighted by Gasteiger charge is 2.54. The van der Waals surface area contributed by atoms with E-state index in [9.17, 15) is 0 Å². The second-order valence-corrected chi connectivity index (χ2v) is 22.7. The monoisotopic (exact) mass is 888 g/mol. The summed E-state index contributed by atoms with van der Waals surface area (Å²) >= 11 is 4.36. The van der Waals surface area contributed by atoms with Crippen LogP contribution in [0.2, 0.25) is 0 Å². The minimum Gasteiger partial charge on any atom is -0.346 e. The van der Waals surface area contributed by atoms with E-state index in [1.807, 2.05) is 0 Å². The molecule has 2 aromatic carbocycles. The summed E-state index contributed by atoms with van der Waals surface area (Å²) in [5, 5.41) is 1.33. The zero-order valence-electron chi connectivity index (χ0n) is 37.2. The van der Waals surface area contributed by atoms with Gasteiger partial charge in [-0.1, -0.05) is 109 Å². The summed E-state index contributed by atoms with van der Waals surface area (Å²) < 4.78 is 0. The number of thioether (sulfide) groups is 2. The zero-order chi connectivity index (χ0) is 42.8. The molecular formula is C57H56N6S2. The molecule has 2 saturated heterocycles. The summed E-state index contributed by atoms with van der Waals surface area (Å²) in [6.07, 6.45) is 39.8. The first kappa shape index (κ1) is 39.1. The van der Waals surface area contributed by atoms with Gasteiger partial charge >= 0.3 is 0 Å². The van der Waals surface area contributed by atoms with Crippen LogP contribution in [0.3, 0.4) is 0 Å². The average Bonchev–Trinajstić information content (AvgIpc) is 4.10. The summed E-state index contributed by atoms with van der Waals surface area (Å²) in [4.78, 5) is 28.0. The van der Waals surface area contributed by atoms with Crippen molar-refractivity contribution in [3.63, 3.8) is 0 Å². The van der Waals surface area contributed by atoms with Crippen LogP contribution in [0.15, 0.2) is 170 Å². The predicted molar refractivity (Wildman–Crippen MR) is 271 cm³/mol. The number of aliphatic imine (C=N–C) groups is 2. The number of pyridine rings is 1. The summed E-state index contributed by atoms with van der Waals surface area (Å²) in [5.74, 6) is 4.77. The number of benzene rings is 2. The van der Waals surface area contributed by atoms with Gasteiger partial charge in [0.15, 0.2) is 5.84 Å². The largest absolute Gasteiger partial charge is 0.346 e. The number of likely N-dealkylation sites (N-methyl/N-ethyl adjacent to an activating group) is 1. The van der Waals surface area contributed by atoms with Crippen molar-refractivity contribution in [1.82, 2.24) is 9.88 Å². The van der Waals surface area contributed by atoms with E-state index >= 15 is 0 Å². The van der Waals surface area contributed by atoms with Crippen molar-refractivity contribution in [2.45, 2.75) is 111 Å². The van der Waals surface area contributed by atoms with Crippen LogP contribution in [0.4, 0.5) is 17.2 Å². The Morgan fingerprint density at radius 1 is 0.785 bits per heavy atom. The number of hydrogen-bond donors (Lipinski definition) is 0. The molecule has 3 aromatic rings. The van der Waals surface area contributed by atoms with Gasteiger partial charge in [0.2, 0.25) is 0 Å². The molecule has 6 nitrogen and oxygen atoms in total. The second kappa shape index (κ2) is 15.5. The van der Waals surface area contributed by atoms with E-state index in [1.54, 1.807) is 16.1 Å². The van der Waals surface area contributed by atoms with E-state index < -0.39 is 0 Å². The fourth-order valence-corrected chi connectivity index (χ4v) is 17.0. The van der Waals surface area contributed by atoms with Gasteiger partial charge in [0.1, 0.15) is 17.8 Å². The van der Waals surface area contributed by atoms with Gasteiger partial charge in [0.05, 0.1) is 29.5 Å². The zero-order valence-corrected chi connectivity index (χ0v) is 38.8.